The zero-order valence-corrected chi connectivity index (χ0v) is 28.6. The molecule has 1 aromatic carbocycles. The molecule has 1 spiro atoms. The van der Waals surface area contributed by atoms with E-state index in [1.807, 2.05) is 28.8 Å². The Morgan fingerprint density at radius 2 is 1.98 bits per heavy atom. The normalized spacial score (nSPS) is 44.4. The van der Waals surface area contributed by atoms with Crippen LogP contribution in [0.25, 0.3) is 0 Å². The highest BCUT2D eigenvalue weighted by Gasteiger charge is 2.68. The van der Waals surface area contributed by atoms with Gasteiger partial charge >= 0.3 is 0 Å². The zero-order valence-electron chi connectivity index (χ0n) is 27.0. The maximum Gasteiger partial charge on any atom is 0.244 e. The van der Waals surface area contributed by atoms with E-state index >= 15 is 0 Å². The molecule has 1 aromatic heterocycles. The molecule has 0 radical (unpaired) electrons. The van der Waals surface area contributed by atoms with Crippen LogP contribution in [0, 0.1) is 46.3 Å². The summed E-state index contributed by atoms with van der Waals surface area (Å²) < 4.78 is 18.9. The highest BCUT2D eigenvalue weighted by Crippen LogP contribution is 2.70. The van der Waals surface area contributed by atoms with Crippen molar-refractivity contribution < 1.29 is 18.8 Å². The van der Waals surface area contributed by atoms with Gasteiger partial charge in [0.1, 0.15) is 18.4 Å². The number of benzene rings is 1. The Labute approximate surface area is 271 Å². The highest BCUT2D eigenvalue weighted by atomic mass is 79.9. The fourth-order valence-corrected chi connectivity index (χ4v) is 12.0. The Hall–Kier alpha value is -1.76. The minimum Gasteiger partial charge on any atom is -0.349 e. The molecule has 6 heteroatoms. The van der Waals surface area contributed by atoms with Crippen molar-refractivity contribution in [1.82, 2.24) is 4.57 Å². The molecule has 2 aromatic rings. The molecule has 3 heterocycles. The third-order valence-corrected chi connectivity index (χ3v) is 14.4. The van der Waals surface area contributed by atoms with Crippen LogP contribution in [0.3, 0.4) is 0 Å². The number of rotatable bonds is 4. The van der Waals surface area contributed by atoms with E-state index in [2.05, 4.69) is 73.0 Å². The van der Waals surface area contributed by atoms with Gasteiger partial charge in [-0.25, -0.2) is 9.13 Å². The molecule has 11 atom stereocenters. The summed E-state index contributed by atoms with van der Waals surface area (Å²) in [5.41, 5.74) is 3.14. The van der Waals surface area contributed by atoms with Crippen LogP contribution < -0.4 is 4.57 Å². The SMILES string of the molecule is C[C@@H]1CC[C@@]2(OC1)O[C@H]1C[C@H]3[C@@H]4CC=C5C[C@H](n6cc[n+](CC(=O)c7cccc(Br)c7)c6)CC[C@]5(C)[C@H]4CC[C@]3(C)[C@H]1[C@@H]2C. The number of imidazole rings is 1. The lowest BCUT2D eigenvalue weighted by atomic mass is 9.46. The van der Waals surface area contributed by atoms with E-state index < -0.39 is 0 Å². The predicted molar refractivity (Wildman–Crippen MR) is 174 cm³/mol. The molecule has 8 rings (SSSR count). The largest absolute Gasteiger partial charge is 0.349 e. The van der Waals surface area contributed by atoms with E-state index in [0.29, 0.717) is 47.3 Å². The van der Waals surface area contributed by atoms with Crippen molar-refractivity contribution in [2.24, 2.45) is 46.3 Å². The number of aromatic nitrogens is 2. The van der Waals surface area contributed by atoms with E-state index in [9.17, 15) is 4.79 Å². The predicted octanol–water partition coefficient (Wildman–Crippen LogP) is 8.33. The van der Waals surface area contributed by atoms with E-state index in [0.717, 1.165) is 47.2 Å². The van der Waals surface area contributed by atoms with Crippen LogP contribution in [-0.4, -0.2) is 28.8 Å². The minimum atomic E-state index is -0.320. The number of carbonyl (C=O) groups is 1. The van der Waals surface area contributed by atoms with Gasteiger partial charge in [0.05, 0.1) is 12.7 Å². The van der Waals surface area contributed by atoms with Gasteiger partial charge in [0.2, 0.25) is 12.1 Å². The van der Waals surface area contributed by atoms with E-state index in [1.54, 1.807) is 5.57 Å². The summed E-state index contributed by atoms with van der Waals surface area (Å²) in [6.45, 7) is 11.3. The van der Waals surface area contributed by atoms with Crippen LogP contribution in [0.15, 0.2) is 59.1 Å². The van der Waals surface area contributed by atoms with Crippen molar-refractivity contribution >= 4 is 21.7 Å². The number of ketones is 1. The van der Waals surface area contributed by atoms with Gasteiger partial charge in [-0.2, -0.15) is 0 Å². The number of carbonyl (C=O) groups excluding carboxylic acids is 1. The summed E-state index contributed by atoms with van der Waals surface area (Å²) in [7, 11) is 0. The third-order valence-electron chi connectivity index (χ3n) is 14.0. The summed E-state index contributed by atoms with van der Waals surface area (Å²) in [6.07, 6.45) is 20.5. The lowest BCUT2D eigenvalue weighted by Crippen LogP contribution is -2.52. The summed E-state index contributed by atoms with van der Waals surface area (Å²) in [4.78, 5) is 12.9. The van der Waals surface area contributed by atoms with Crippen molar-refractivity contribution in [2.45, 2.75) is 110 Å². The Bertz CT molecular complexity index is 1470. The molecule has 0 bridgehead atoms. The van der Waals surface area contributed by atoms with Crippen LogP contribution in [0.4, 0.5) is 0 Å². The molecule has 6 aliphatic rings. The average molecular weight is 663 g/mol. The zero-order chi connectivity index (χ0) is 30.4. The lowest BCUT2D eigenvalue weighted by molar-refractivity contribution is -0.682. The number of ether oxygens (including phenoxy) is 2. The topological polar surface area (TPSA) is 44.3 Å². The molecule has 5 fully saturated rings. The maximum atomic E-state index is 12.9. The van der Waals surface area contributed by atoms with E-state index in [1.165, 1.54) is 44.9 Å². The fourth-order valence-electron chi connectivity index (χ4n) is 11.6. The number of fused-ring (bicyclic) bond motifs is 7. The molecule has 236 valence electrons. The van der Waals surface area contributed by atoms with Gasteiger partial charge in [-0.3, -0.25) is 4.79 Å². The number of nitrogens with zero attached hydrogens (tertiary/aromatic N) is 2. The average Bonchev–Trinajstić information content (AvgIpc) is 3.66. The van der Waals surface area contributed by atoms with Crippen molar-refractivity contribution in [3.8, 4) is 0 Å². The highest BCUT2D eigenvalue weighted by molar-refractivity contribution is 9.10. The van der Waals surface area contributed by atoms with Gasteiger partial charge in [0.15, 0.2) is 12.3 Å². The van der Waals surface area contributed by atoms with E-state index in [4.69, 9.17) is 9.47 Å². The Morgan fingerprint density at radius 1 is 1.11 bits per heavy atom. The number of Topliss-reactive ketones (excluding diaryl/α,β-unsaturated/α-hetero) is 1. The molecule has 0 unspecified atom stereocenters. The molecule has 2 aliphatic heterocycles. The first kappa shape index (κ1) is 29.6. The molecule has 0 N–H and O–H groups in total. The quantitative estimate of drug-likeness (QED) is 0.188. The number of allylic oxidation sites excluding steroid dienone is 2. The Morgan fingerprint density at radius 3 is 2.77 bits per heavy atom. The standard InChI is InChI=1S/C38H50BrN2O3/c1-24-10-15-38(43-22-24)25(2)35-34(44-38)20-32-30-9-8-27-19-29(11-13-36(27,3)31(30)12-14-37(32,35)4)41-17-16-40(23-41)21-33(42)26-6-5-7-28(39)18-26/h5-8,16-18,23-25,29-32,34-35H,9-15,19-22H2,1-4H3/q+1/t24-,25+,29-,30-,31+,32+,34+,35+,36+,37+,38-/m1/s1. The molecule has 5 nitrogen and oxygen atoms in total. The molecule has 2 saturated heterocycles. The summed E-state index contributed by atoms with van der Waals surface area (Å²) in [5, 5.41) is 0. The number of hydrogen-bond donors (Lipinski definition) is 0. The minimum absolute atomic E-state index is 0.141. The van der Waals surface area contributed by atoms with E-state index in [-0.39, 0.29) is 11.6 Å². The second-order valence-corrected chi connectivity index (χ2v) is 17.1. The van der Waals surface area contributed by atoms with Crippen molar-refractivity contribution in [3.05, 3.63) is 64.7 Å². The fraction of sp³-hybridized carbons (Fsp3) is 0.684. The van der Waals surface area contributed by atoms with Gasteiger partial charge in [-0.15, -0.1) is 0 Å². The molecule has 4 aliphatic carbocycles. The summed E-state index contributed by atoms with van der Waals surface area (Å²) in [6, 6.07) is 8.16. The molecular weight excluding hydrogens is 612 g/mol. The van der Waals surface area contributed by atoms with Gasteiger partial charge in [-0.1, -0.05) is 67.4 Å². The molecule has 44 heavy (non-hydrogen) atoms. The first-order valence-electron chi connectivity index (χ1n) is 17.5. The Kier molecular flexibility index (Phi) is 7.16. The number of hydrogen-bond acceptors (Lipinski definition) is 3. The maximum absolute atomic E-state index is 12.9. The van der Waals surface area contributed by atoms with Crippen molar-refractivity contribution in [1.29, 1.82) is 0 Å². The monoisotopic (exact) mass is 661 g/mol. The molecule has 0 amide bonds. The number of halogens is 1. The third kappa shape index (κ3) is 4.51. The van der Waals surface area contributed by atoms with Gasteiger partial charge < -0.3 is 9.47 Å². The van der Waals surface area contributed by atoms with Gasteiger partial charge in [-0.05, 0) is 97.5 Å². The summed E-state index contributed by atoms with van der Waals surface area (Å²) >= 11 is 3.49. The van der Waals surface area contributed by atoms with Crippen LogP contribution >= 0.6 is 15.9 Å². The van der Waals surface area contributed by atoms with Gasteiger partial charge in [0, 0.05) is 28.8 Å². The van der Waals surface area contributed by atoms with Crippen molar-refractivity contribution in [2.75, 3.05) is 6.61 Å². The second kappa shape index (κ2) is 10.6. The van der Waals surface area contributed by atoms with Gasteiger partial charge in [0.25, 0.3) is 0 Å². The summed E-state index contributed by atoms with van der Waals surface area (Å²) in [5.74, 6) is 3.92. The Balaban J connectivity index is 0.966. The van der Waals surface area contributed by atoms with Crippen LogP contribution in [0.2, 0.25) is 0 Å². The molecule has 3 saturated carbocycles. The first-order chi connectivity index (χ1) is 21.1. The van der Waals surface area contributed by atoms with Crippen LogP contribution in [0.1, 0.15) is 102 Å². The second-order valence-electron chi connectivity index (χ2n) is 16.1. The van der Waals surface area contributed by atoms with Crippen LogP contribution in [0.5, 0.6) is 0 Å². The first-order valence-corrected chi connectivity index (χ1v) is 18.3. The molecular formula is C38H50BrN2O3+. The van der Waals surface area contributed by atoms with Crippen molar-refractivity contribution in [3.63, 3.8) is 0 Å². The smallest absolute Gasteiger partial charge is 0.244 e. The lowest BCUT2D eigenvalue weighted by Gasteiger charge is -2.58. The van der Waals surface area contributed by atoms with Crippen LogP contribution in [-0.2, 0) is 16.0 Å².